The second-order valence-corrected chi connectivity index (χ2v) is 10.6. The molecule has 0 unspecified atom stereocenters. The molecule has 0 fully saturated rings. The summed E-state index contributed by atoms with van der Waals surface area (Å²) in [7, 11) is -1.50. The summed E-state index contributed by atoms with van der Waals surface area (Å²) in [5.74, 6) is 3.32. The maximum absolute atomic E-state index is 4.68. The van der Waals surface area contributed by atoms with E-state index in [1.165, 1.54) is 16.7 Å². The lowest BCUT2D eigenvalue weighted by Gasteiger charge is -2.08. The second kappa shape index (κ2) is 6.04. The van der Waals surface area contributed by atoms with E-state index < -0.39 is 8.24 Å². The van der Waals surface area contributed by atoms with Crippen molar-refractivity contribution < 1.29 is 0 Å². The van der Waals surface area contributed by atoms with E-state index >= 15 is 0 Å². The molecule has 2 aromatic carbocycles. The molecule has 0 radical (unpaired) electrons. The molecular formula is C18H21NSi. The summed E-state index contributed by atoms with van der Waals surface area (Å²) in [4.78, 5) is 0. The second-order valence-electron chi connectivity index (χ2n) is 6.00. The number of hydrogen-bond donors (Lipinski definition) is 0. The van der Waals surface area contributed by atoms with E-state index in [-0.39, 0.29) is 0 Å². The van der Waals surface area contributed by atoms with Crippen molar-refractivity contribution in [2.75, 3.05) is 0 Å². The highest BCUT2D eigenvalue weighted by Crippen LogP contribution is 2.21. The van der Waals surface area contributed by atoms with Gasteiger partial charge >= 0.3 is 0 Å². The average molecular weight is 279 g/mol. The van der Waals surface area contributed by atoms with Crippen LogP contribution in [0.5, 0.6) is 0 Å². The van der Waals surface area contributed by atoms with E-state index in [1.807, 2.05) is 6.07 Å². The Morgan fingerprint density at radius 3 is 1.95 bits per heavy atom. The normalized spacial score (nSPS) is 10.8. The minimum absolute atomic E-state index is 1.08. The first-order chi connectivity index (χ1) is 9.46. The Bertz CT molecular complexity index is 627. The van der Waals surface area contributed by atoms with Gasteiger partial charge in [-0.05, 0) is 43.6 Å². The van der Waals surface area contributed by atoms with Gasteiger partial charge in [0.15, 0.2) is 8.24 Å². The Hall–Kier alpha value is -1.89. The van der Waals surface area contributed by atoms with Crippen LogP contribution in [0.3, 0.4) is 0 Å². The molecule has 0 heterocycles. The van der Waals surface area contributed by atoms with Crippen molar-refractivity contribution in [1.82, 2.24) is 0 Å². The molecule has 2 aromatic rings. The Balaban J connectivity index is 2.56. The average Bonchev–Trinajstić information content (AvgIpc) is 2.41. The third kappa shape index (κ3) is 4.06. The molecule has 0 N–H and O–H groups in total. The predicted molar refractivity (Wildman–Crippen MR) is 90.9 cm³/mol. The molecule has 0 saturated heterocycles. The van der Waals surface area contributed by atoms with Gasteiger partial charge in [-0.2, -0.15) is 0 Å². The highest BCUT2D eigenvalue weighted by molar-refractivity contribution is 6.75. The molecule has 0 amide bonds. The molecule has 2 heteroatoms. The molecule has 0 saturated carbocycles. The quantitative estimate of drug-likeness (QED) is 0.558. The van der Waals surface area contributed by atoms with Gasteiger partial charge in [-0.15, -0.1) is 0 Å². The highest BCUT2D eigenvalue weighted by atomic mass is 28.3. The number of benzene rings is 2. The van der Waals surface area contributed by atoms with Gasteiger partial charge in [-0.3, -0.25) is 4.66 Å². The van der Waals surface area contributed by atoms with Crippen molar-refractivity contribution in [2.45, 2.75) is 26.6 Å². The van der Waals surface area contributed by atoms with Gasteiger partial charge in [0, 0.05) is 5.57 Å². The number of hydrogen-bond acceptors (Lipinski definition) is 1. The molecule has 102 valence electrons. The minimum Gasteiger partial charge on any atom is -0.283 e. The smallest absolute Gasteiger partial charge is 0.184 e. The van der Waals surface area contributed by atoms with E-state index in [0.29, 0.717) is 0 Å². The first kappa shape index (κ1) is 14.5. The summed E-state index contributed by atoms with van der Waals surface area (Å²) >= 11 is 0. The highest BCUT2D eigenvalue weighted by Gasteiger charge is 2.10. The lowest BCUT2D eigenvalue weighted by molar-refractivity contribution is 1.45. The zero-order valence-corrected chi connectivity index (χ0v) is 13.6. The van der Waals surface area contributed by atoms with Crippen molar-refractivity contribution in [3.8, 4) is 0 Å². The van der Waals surface area contributed by atoms with Crippen LogP contribution in [0.4, 0.5) is 0 Å². The van der Waals surface area contributed by atoms with Crippen molar-refractivity contribution in [1.29, 1.82) is 0 Å². The van der Waals surface area contributed by atoms with Crippen molar-refractivity contribution in [2.24, 2.45) is 4.66 Å². The minimum atomic E-state index is -1.50. The van der Waals surface area contributed by atoms with Crippen LogP contribution in [-0.2, 0) is 0 Å². The van der Waals surface area contributed by atoms with Crippen LogP contribution in [0.15, 0.2) is 59.3 Å². The van der Waals surface area contributed by atoms with E-state index in [9.17, 15) is 0 Å². The van der Waals surface area contributed by atoms with Gasteiger partial charge in [0.1, 0.15) is 0 Å². The Labute approximate surface area is 122 Å². The molecular weight excluding hydrogens is 258 g/mol. The van der Waals surface area contributed by atoms with E-state index in [0.717, 1.165) is 5.57 Å². The van der Waals surface area contributed by atoms with Crippen LogP contribution in [0.2, 0.25) is 19.6 Å². The molecule has 0 aliphatic heterocycles. The third-order valence-electron chi connectivity index (χ3n) is 2.91. The zero-order valence-electron chi connectivity index (χ0n) is 12.6. The molecule has 0 aliphatic rings. The number of rotatable bonds is 3. The van der Waals surface area contributed by atoms with Gasteiger partial charge in [0.05, 0.1) is 0 Å². The largest absolute Gasteiger partial charge is 0.283 e. The summed E-state index contributed by atoms with van der Waals surface area (Å²) < 4.78 is 4.68. The molecule has 0 bridgehead atoms. The summed E-state index contributed by atoms with van der Waals surface area (Å²) in [6.07, 6.45) is 0. The Morgan fingerprint density at radius 2 is 1.40 bits per heavy atom. The van der Waals surface area contributed by atoms with Crippen LogP contribution in [0.25, 0.3) is 5.57 Å². The molecule has 0 spiro atoms. The molecule has 0 aliphatic carbocycles. The van der Waals surface area contributed by atoms with Gasteiger partial charge < -0.3 is 0 Å². The molecule has 1 nitrogen and oxygen atoms in total. The van der Waals surface area contributed by atoms with E-state index in [4.69, 9.17) is 0 Å². The van der Waals surface area contributed by atoms with Crippen LogP contribution < -0.4 is 0 Å². The van der Waals surface area contributed by atoms with Gasteiger partial charge in [0.2, 0.25) is 0 Å². The topological polar surface area (TPSA) is 12.4 Å². The van der Waals surface area contributed by atoms with Crippen molar-refractivity contribution in [3.05, 3.63) is 71.3 Å². The summed E-state index contributed by atoms with van der Waals surface area (Å²) in [6.45, 7) is 8.76. The predicted octanol–water partition coefficient (Wildman–Crippen LogP) is 4.93. The number of nitrogens with zero attached hydrogens (tertiary/aromatic N) is 1. The fraction of sp³-hybridized carbons (Fsp3) is 0.222. The van der Waals surface area contributed by atoms with Crippen molar-refractivity contribution >= 4 is 19.7 Å². The summed E-state index contributed by atoms with van der Waals surface area (Å²) in [5.41, 5.74) is 4.68. The third-order valence-corrected chi connectivity index (χ3v) is 3.69. The van der Waals surface area contributed by atoms with Crippen LogP contribution in [0, 0.1) is 6.92 Å². The SMILES string of the molecule is Cc1ccc(C(=C=N[Si](C)(C)C)c2ccccc2)cc1. The van der Waals surface area contributed by atoms with E-state index in [2.05, 4.69) is 85.6 Å². The molecule has 2 rings (SSSR count). The maximum atomic E-state index is 4.68. The molecule has 20 heavy (non-hydrogen) atoms. The monoisotopic (exact) mass is 279 g/mol. The van der Waals surface area contributed by atoms with Crippen LogP contribution in [-0.4, -0.2) is 14.1 Å². The van der Waals surface area contributed by atoms with E-state index in [1.54, 1.807) is 0 Å². The van der Waals surface area contributed by atoms with Crippen LogP contribution in [0.1, 0.15) is 16.7 Å². The lowest BCUT2D eigenvalue weighted by Crippen LogP contribution is -2.15. The lowest BCUT2D eigenvalue weighted by atomic mass is 9.99. The first-order valence-electron chi connectivity index (χ1n) is 6.93. The molecule has 0 aromatic heterocycles. The number of aryl methyl sites for hydroxylation is 1. The fourth-order valence-electron chi connectivity index (χ4n) is 1.84. The fourth-order valence-corrected chi connectivity index (χ4v) is 2.29. The first-order valence-corrected chi connectivity index (χ1v) is 10.4. The standard InChI is InChI=1S/C18H21NSi/c1-15-10-12-17(13-11-15)18(14-19-20(2,3)4)16-8-6-5-7-9-16/h5-13H,1-4H3. The van der Waals surface area contributed by atoms with Crippen LogP contribution >= 0.6 is 0 Å². The Morgan fingerprint density at radius 1 is 0.850 bits per heavy atom. The van der Waals surface area contributed by atoms with Gasteiger partial charge in [-0.1, -0.05) is 60.2 Å². The van der Waals surface area contributed by atoms with Gasteiger partial charge in [-0.25, -0.2) is 0 Å². The maximum Gasteiger partial charge on any atom is 0.184 e. The van der Waals surface area contributed by atoms with Crippen molar-refractivity contribution in [3.63, 3.8) is 0 Å². The molecule has 0 atom stereocenters. The van der Waals surface area contributed by atoms with Gasteiger partial charge in [0.25, 0.3) is 0 Å². The summed E-state index contributed by atoms with van der Waals surface area (Å²) in [6, 6.07) is 18.9. The Kier molecular flexibility index (Phi) is 4.38. The zero-order chi connectivity index (χ0) is 14.6. The summed E-state index contributed by atoms with van der Waals surface area (Å²) in [5, 5.41) is 0.